The molecule has 0 saturated carbocycles. The summed E-state index contributed by atoms with van der Waals surface area (Å²) in [6, 6.07) is 29.3. The van der Waals surface area contributed by atoms with Crippen molar-refractivity contribution in [1.82, 2.24) is 16.0 Å². The molecule has 0 aliphatic heterocycles. The maximum absolute atomic E-state index is 12.4. The molecule has 3 N–H and O–H groups in total. The molecule has 3 amide bonds. The van der Waals surface area contributed by atoms with Crippen LogP contribution in [0.1, 0.15) is 29.5 Å². The van der Waals surface area contributed by atoms with Gasteiger partial charge in [-0.2, -0.15) is 0 Å². The Hall–Kier alpha value is -3.60. The third-order valence-electron chi connectivity index (χ3n) is 4.91. The molecule has 0 aliphatic carbocycles. The number of hydrogen-bond donors (Lipinski definition) is 3. The molecule has 30 heavy (non-hydrogen) atoms. The van der Waals surface area contributed by atoms with E-state index in [9.17, 15) is 9.59 Å². The van der Waals surface area contributed by atoms with Gasteiger partial charge in [0, 0.05) is 18.5 Å². The summed E-state index contributed by atoms with van der Waals surface area (Å²) in [5, 5.41) is 8.39. The molecule has 3 aromatic carbocycles. The Morgan fingerprint density at radius 2 is 1.23 bits per heavy atom. The van der Waals surface area contributed by atoms with Gasteiger partial charge in [0.25, 0.3) is 0 Å². The predicted octanol–water partition coefficient (Wildman–Crippen LogP) is 3.82. The first-order valence-corrected chi connectivity index (χ1v) is 10.1. The van der Waals surface area contributed by atoms with Gasteiger partial charge in [0.05, 0.1) is 6.54 Å². The molecule has 0 fully saturated rings. The standard InChI is InChI=1S/C25H27N3O2/c1-19(24(21-13-7-3-8-14-21)22-15-9-4-10-16-22)28-23(29)18-27-25(30)26-17-20-11-5-2-6-12-20/h2-16,19,24H,17-18H2,1H3,(H,28,29)(H2,26,27,30). The SMILES string of the molecule is CC(NC(=O)CNC(=O)NCc1ccccc1)C(c1ccccc1)c1ccccc1. The molecule has 0 spiro atoms. The highest BCUT2D eigenvalue weighted by molar-refractivity contribution is 5.84. The molecule has 1 unspecified atom stereocenters. The van der Waals surface area contributed by atoms with Gasteiger partial charge in [-0.1, -0.05) is 91.0 Å². The van der Waals surface area contributed by atoms with Crippen molar-refractivity contribution in [3.63, 3.8) is 0 Å². The molecule has 0 saturated heterocycles. The molecular weight excluding hydrogens is 374 g/mol. The minimum Gasteiger partial charge on any atom is -0.351 e. The quantitative estimate of drug-likeness (QED) is 0.537. The lowest BCUT2D eigenvalue weighted by Gasteiger charge is -2.26. The van der Waals surface area contributed by atoms with Crippen LogP contribution < -0.4 is 16.0 Å². The van der Waals surface area contributed by atoms with E-state index in [1.54, 1.807) is 0 Å². The van der Waals surface area contributed by atoms with E-state index in [4.69, 9.17) is 0 Å². The van der Waals surface area contributed by atoms with Crippen molar-refractivity contribution in [3.8, 4) is 0 Å². The summed E-state index contributed by atoms with van der Waals surface area (Å²) >= 11 is 0. The molecule has 154 valence electrons. The van der Waals surface area contributed by atoms with Crippen LogP contribution in [0, 0.1) is 0 Å². The van der Waals surface area contributed by atoms with Crippen molar-refractivity contribution >= 4 is 11.9 Å². The summed E-state index contributed by atoms with van der Waals surface area (Å²) in [7, 11) is 0. The predicted molar refractivity (Wildman–Crippen MR) is 119 cm³/mol. The highest BCUT2D eigenvalue weighted by atomic mass is 16.2. The van der Waals surface area contributed by atoms with Crippen molar-refractivity contribution in [2.24, 2.45) is 0 Å². The smallest absolute Gasteiger partial charge is 0.315 e. The van der Waals surface area contributed by atoms with Crippen LogP contribution in [0.3, 0.4) is 0 Å². The lowest BCUT2D eigenvalue weighted by molar-refractivity contribution is -0.120. The number of carbonyl (C=O) groups excluding carboxylic acids is 2. The Labute approximate surface area is 177 Å². The summed E-state index contributed by atoms with van der Waals surface area (Å²) in [6.45, 7) is 2.31. The van der Waals surface area contributed by atoms with E-state index >= 15 is 0 Å². The molecule has 5 nitrogen and oxygen atoms in total. The van der Waals surface area contributed by atoms with Gasteiger partial charge in [0.2, 0.25) is 5.91 Å². The molecule has 0 aromatic heterocycles. The summed E-state index contributed by atoms with van der Waals surface area (Å²) in [6.07, 6.45) is 0. The fourth-order valence-electron chi connectivity index (χ4n) is 3.48. The van der Waals surface area contributed by atoms with Gasteiger partial charge < -0.3 is 16.0 Å². The number of benzene rings is 3. The van der Waals surface area contributed by atoms with Crippen LogP contribution in [0.2, 0.25) is 0 Å². The number of urea groups is 1. The second kappa shape index (κ2) is 10.8. The fourth-order valence-corrected chi connectivity index (χ4v) is 3.48. The van der Waals surface area contributed by atoms with Crippen LogP contribution in [0.5, 0.6) is 0 Å². The highest BCUT2D eigenvalue weighted by Gasteiger charge is 2.22. The van der Waals surface area contributed by atoms with Crippen LogP contribution in [0.15, 0.2) is 91.0 Å². The Kier molecular flexibility index (Phi) is 7.61. The molecule has 0 aliphatic rings. The van der Waals surface area contributed by atoms with Crippen LogP contribution in [-0.2, 0) is 11.3 Å². The zero-order valence-electron chi connectivity index (χ0n) is 17.0. The summed E-state index contributed by atoms with van der Waals surface area (Å²) in [5.74, 6) is -0.211. The summed E-state index contributed by atoms with van der Waals surface area (Å²) in [4.78, 5) is 24.4. The van der Waals surface area contributed by atoms with Crippen LogP contribution >= 0.6 is 0 Å². The number of amides is 3. The highest BCUT2D eigenvalue weighted by Crippen LogP contribution is 2.27. The van der Waals surface area contributed by atoms with E-state index in [0.717, 1.165) is 16.7 Å². The number of rotatable bonds is 8. The average molecular weight is 402 g/mol. The molecule has 0 bridgehead atoms. The van der Waals surface area contributed by atoms with E-state index in [0.29, 0.717) is 6.54 Å². The van der Waals surface area contributed by atoms with Crippen LogP contribution in [0.25, 0.3) is 0 Å². The Bertz CT molecular complexity index is 891. The van der Waals surface area contributed by atoms with E-state index in [1.807, 2.05) is 73.7 Å². The largest absolute Gasteiger partial charge is 0.351 e. The second-order valence-corrected chi connectivity index (χ2v) is 7.18. The molecule has 3 rings (SSSR count). The zero-order valence-corrected chi connectivity index (χ0v) is 17.0. The van der Waals surface area contributed by atoms with E-state index in [1.165, 1.54) is 0 Å². The van der Waals surface area contributed by atoms with Crippen molar-refractivity contribution in [2.45, 2.75) is 25.4 Å². The molecule has 1 atom stereocenters. The van der Waals surface area contributed by atoms with Crippen LogP contribution in [-0.4, -0.2) is 24.5 Å². The lowest BCUT2D eigenvalue weighted by atomic mass is 9.86. The van der Waals surface area contributed by atoms with Crippen molar-refractivity contribution in [1.29, 1.82) is 0 Å². The van der Waals surface area contributed by atoms with E-state index < -0.39 is 0 Å². The minimum atomic E-state index is -0.371. The van der Waals surface area contributed by atoms with E-state index in [2.05, 4.69) is 40.2 Å². The first kappa shape index (κ1) is 21.1. The van der Waals surface area contributed by atoms with Gasteiger partial charge in [-0.15, -0.1) is 0 Å². The molecule has 5 heteroatoms. The average Bonchev–Trinajstić information content (AvgIpc) is 2.78. The Morgan fingerprint density at radius 1 is 0.733 bits per heavy atom. The third kappa shape index (κ3) is 6.21. The van der Waals surface area contributed by atoms with E-state index in [-0.39, 0.29) is 30.4 Å². The fraction of sp³-hybridized carbons (Fsp3) is 0.200. The molecule has 3 aromatic rings. The van der Waals surface area contributed by atoms with Gasteiger partial charge in [0.15, 0.2) is 0 Å². The maximum Gasteiger partial charge on any atom is 0.315 e. The Morgan fingerprint density at radius 3 is 1.77 bits per heavy atom. The maximum atomic E-state index is 12.4. The van der Waals surface area contributed by atoms with Gasteiger partial charge in [-0.05, 0) is 23.6 Å². The Balaban J connectivity index is 1.54. The second-order valence-electron chi connectivity index (χ2n) is 7.18. The first-order chi connectivity index (χ1) is 14.6. The summed E-state index contributed by atoms with van der Waals surface area (Å²) in [5.41, 5.74) is 3.26. The van der Waals surface area contributed by atoms with Gasteiger partial charge in [-0.25, -0.2) is 4.79 Å². The molecule has 0 heterocycles. The number of nitrogens with one attached hydrogen (secondary N) is 3. The van der Waals surface area contributed by atoms with Gasteiger partial charge in [-0.3, -0.25) is 4.79 Å². The van der Waals surface area contributed by atoms with Crippen LogP contribution in [0.4, 0.5) is 4.79 Å². The number of hydrogen-bond acceptors (Lipinski definition) is 2. The monoisotopic (exact) mass is 401 g/mol. The van der Waals surface area contributed by atoms with Crippen molar-refractivity contribution < 1.29 is 9.59 Å². The van der Waals surface area contributed by atoms with Crippen molar-refractivity contribution in [2.75, 3.05) is 6.54 Å². The van der Waals surface area contributed by atoms with Gasteiger partial charge in [0.1, 0.15) is 0 Å². The van der Waals surface area contributed by atoms with Crippen molar-refractivity contribution in [3.05, 3.63) is 108 Å². The number of carbonyl (C=O) groups is 2. The third-order valence-corrected chi connectivity index (χ3v) is 4.91. The topological polar surface area (TPSA) is 70.2 Å². The minimum absolute atomic E-state index is 0.0169. The summed E-state index contributed by atoms with van der Waals surface area (Å²) < 4.78 is 0. The first-order valence-electron chi connectivity index (χ1n) is 10.1. The lowest BCUT2D eigenvalue weighted by Crippen LogP contribution is -2.45. The van der Waals surface area contributed by atoms with Gasteiger partial charge >= 0.3 is 6.03 Å². The molecular formula is C25H27N3O2. The molecule has 0 radical (unpaired) electrons. The normalized spacial score (nSPS) is 11.5. The zero-order chi connectivity index (χ0) is 21.2.